The van der Waals surface area contributed by atoms with Gasteiger partial charge in [0.05, 0.1) is 0 Å². The van der Waals surface area contributed by atoms with Crippen molar-refractivity contribution in [2.75, 3.05) is 13.1 Å². The summed E-state index contributed by atoms with van der Waals surface area (Å²) in [7, 11) is 0. The van der Waals surface area contributed by atoms with Crippen LogP contribution in [0.2, 0.25) is 0 Å². The molecule has 2 N–H and O–H groups in total. The molecule has 0 atom stereocenters. The minimum Gasteiger partial charge on any atom is -0.406 e. The zero-order chi connectivity index (χ0) is 19.7. The minimum absolute atomic E-state index is 0.153. The van der Waals surface area contributed by atoms with Crippen molar-refractivity contribution in [2.45, 2.75) is 51.1 Å². The number of carbonyl (C=O) groups excluding carboxylic acids is 2. The van der Waals surface area contributed by atoms with Gasteiger partial charge in [0, 0.05) is 6.54 Å². The molecule has 27 heavy (non-hydrogen) atoms. The topological polar surface area (TPSA) is 70.7 Å². The number of hydrogen-bond donors (Lipinski definition) is 2. The first-order valence-corrected chi connectivity index (χ1v) is 8.96. The fourth-order valence-electron chi connectivity index (χ4n) is 3.76. The molecule has 0 aromatic heterocycles. The highest BCUT2D eigenvalue weighted by molar-refractivity contribution is 6.07. The number of rotatable bonds is 5. The number of carbonyl (C=O) groups is 2. The second-order valence-corrected chi connectivity index (χ2v) is 6.87. The second-order valence-electron chi connectivity index (χ2n) is 6.87. The third-order valence-electron chi connectivity index (χ3n) is 5.05. The predicted molar refractivity (Wildman–Crippen MR) is 91.0 cm³/mol. The van der Waals surface area contributed by atoms with Gasteiger partial charge in [-0.1, -0.05) is 25.5 Å². The molecule has 0 aliphatic carbocycles. The van der Waals surface area contributed by atoms with Crippen LogP contribution >= 0.6 is 0 Å². The van der Waals surface area contributed by atoms with Crippen LogP contribution < -0.4 is 15.4 Å². The average molecular weight is 385 g/mol. The SMILES string of the molecule is CCCc1cc(CN2C(=O)NC(=O)C23CCNCC3)ccc1OC(F)(F)F. The van der Waals surface area contributed by atoms with Gasteiger partial charge >= 0.3 is 12.4 Å². The van der Waals surface area contributed by atoms with Crippen LogP contribution in [0.4, 0.5) is 18.0 Å². The molecule has 3 amide bonds. The maximum atomic E-state index is 12.6. The molecule has 0 saturated carbocycles. The van der Waals surface area contributed by atoms with Crippen LogP contribution in [0, 0.1) is 0 Å². The Balaban J connectivity index is 1.86. The number of hydrogen-bond acceptors (Lipinski definition) is 4. The number of alkyl halides is 3. The first-order chi connectivity index (χ1) is 12.7. The molecule has 2 fully saturated rings. The zero-order valence-electron chi connectivity index (χ0n) is 15.0. The highest BCUT2D eigenvalue weighted by Crippen LogP contribution is 2.34. The number of amides is 3. The van der Waals surface area contributed by atoms with E-state index in [2.05, 4.69) is 15.4 Å². The maximum absolute atomic E-state index is 12.6. The fourth-order valence-corrected chi connectivity index (χ4v) is 3.76. The standard InChI is InChI=1S/C18H22F3N3O3/c1-2-3-13-10-12(4-5-14(13)27-18(19,20)21)11-24-16(26)23-15(25)17(24)6-8-22-9-7-17/h4-5,10,22H,2-3,6-9,11H2,1H3,(H,23,25,26). The molecule has 1 aromatic carbocycles. The molecule has 0 radical (unpaired) electrons. The summed E-state index contributed by atoms with van der Waals surface area (Å²) < 4.78 is 41.9. The van der Waals surface area contributed by atoms with Gasteiger partial charge in [-0.25, -0.2) is 4.79 Å². The lowest BCUT2D eigenvalue weighted by atomic mass is 9.86. The number of halogens is 3. The van der Waals surface area contributed by atoms with E-state index in [9.17, 15) is 22.8 Å². The third-order valence-corrected chi connectivity index (χ3v) is 5.05. The van der Waals surface area contributed by atoms with E-state index in [0.717, 1.165) is 0 Å². The van der Waals surface area contributed by atoms with Gasteiger partial charge in [0.2, 0.25) is 0 Å². The van der Waals surface area contributed by atoms with Crippen molar-refractivity contribution in [3.63, 3.8) is 0 Å². The molecule has 2 aliphatic heterocycles. The zero-order valence-corrected chi connectivity index (χ0v) is 15.0. The molecule has 0 unspecified atom stereocenters. The van der Waals surface area contributed by atoms with Crippen molar-refractivity contribution in [3.8, 4) is 5.75 Å². The quantitative estimate of drug-likeness (QED) is 0.765. The molecule has 9 heteroatoms. The van der Waals surface area contributed by atoms with Crippen molar-refractivity contribution >= 4 is 11.9 Å². The Hall–Kier alpha value is -2.29. The normalized spacial score (nSPS) is 19.5. The number of nitrogens with one attached hydrogen (secondary N) is 2. The lowest BCUT2D eigenvalue weighted by Crippen LogP contribution is -2.55. The number of nitrogens with zero attached hydrogens (tertiary/aromatic N) is 1. The smallest absolute Gasteiger partial charge is 0.406 e. The van der Waals surface area contributed by atoms with Crippen LogP contribution in [-0.4, -0.2) is 41.8 Å². The van der Waals surface area contributed by atoms with Gasteiger partial charge in [0.15, 0.2) is 0 Å². The molecule has 148 valence electrons. The van der Waals surface area contributed by atoms with Crippen molar-refractivity contribution in [3.05, 3.63) is 29.3 Å². The summed E-state index contributed by atoms with van der Waals surface area (Å²) in [5.74, 6) is -0.536. The Morgan fingerprint density at radius 2 is 1.93 bits per heavy atom. The number of imide groups is 1. The van der Waals surface area contributed by atoms with Crippen molar-refractivity contribution < 1.29 is 27.5 Å². The fraction of sp³-hybridized carbons (Fsp3) is 0.556. The Kier molecular flexibility index (Phi) is 5.32. The van der Waals surface area contributed by atoms with Crippen LogP contribution in [-0.2, 0) is 17.8 Å². The van der Waals surface area contributed by atoms with Gasteiger partial charge < -0.3 is 15.0 Å². The second kappa shape index (κ2) is 7.38. The number of aryl methyl sites for hydroxylation is 1. The largest absolute Gasteiger partial charge is 0.573 e. The molecule has 1 spiro atoms. The van der Waals surface area contributed by atoms with E-state index in [1.54, 1.807) is 6.07 Å². The Morgan fingerprint density at radius 3 is 2.56 bits per heavy atom. The number of urea groups is 1. The van der Waals surface area contributed by atoms with E-state index in [0.29, 0.717) is 49.9 Å². The van der Waals surface area contributed by atoms with E-state index in [4.69, 9.17) is 0 Å². The van der Waals surface area contributed by atoms with Crippen LogP contribution in [0.25, 0.3) is 0 Å². The maximum Gasteiger partial charge on any atom is 0.573 e. The van der Waals surface area contributed by atoms with Gasteiger partial charge in [-0.15, -0.1) is 13.2 Å². The lowest BCUT2D eigenvalue weighted by molar-refractivity contribution is -0.274. The first-order valence-electron chi connectivity index (χ1n) is 8.96. The van der Waals surface area contributed by atoms with E-state index in [1.807, 2.05) is 6.92 Å². The minimum atomic E-state index is -4.76. The molecule has 2 saturated heterocycles. The van der Waals surface area contributed by atoms with Gasteiger partial charge in [-0.2, -0.15) is 0 Å². The molecular formula is C18H22F3N3O3. The molecule has 6 nitrogen and oxygen atoms in total. The van der Waals surface area contributed by atoms with Gasteiger partial charge in [-0.05, 0) is 49.5 Å². The summed E-state index contributed by atoms with van der Waals surface area (Å²) in [4.78, 5) is 26.2. The summed E-state index contributed by atoms with van der Waals surface area (Å²) in [5.41, 5.74) is 0.197. The summed E-state index contributed by atoms with van der Waals surface area (Å²) >= 11 is 0. The van der Waals surface area contributed by atoms with Gasteiger partial charge in [0.1, 0.15) is 11.3 Å². The van der Waals surface area contributed by atoms with Gasteiger partial charge in [0.25, 0.3) is 5.91 Å². The van der Waals surface area contributed by atoms with Crippen LogP contribution in [0.5, 0.6) is 5.75 Å². The van der Waals surface area contributed by atoms with Crippen molar-refractivity contribution in [2.24, 2.45) is 0 Å². The molecule has 1 aromatic rings. The van der Waals surface area contributed by atoms with Crippen LogP contribution in [0.1, 0.15) is 37.3 Å². The lowest BCUT2D eigenvalue weighted by Gasteiger charge is -2.38. The molecule has 3 rings (SSSR count). The summed E-state index contributed by atoms with van der Waals surface area (Å²) in [6.07, 6.45) is -2.69. The monoisotopic (exact) mass is 385 g/mol. The first kappa shape index (κ1) is 19.5. The van der Waals surface area contributed by atoms with Crippen LogP contribution in [0.3, 0.4) is 0 Å². The summed E-state index contributed by atoms with van der Waals surface area (Å²) in [5, 5.41) is 5.55. The Bertz CT molecular complexity index is 730. The summed E-state index contributed by atoms with van der Waals surface area (Å²) in [6.45, 7) is 3.26. The Morgan fingerprint density at radius 1 is 1.22 bits per heavy atom. The number of piperidine rings is 1. The van der Waals surface area contributed by atoms with E-state index in [-0.39, 0.29) is 18.2 Å². The third kappa shape index (κ3) is 4.02. The summed E-state index contributed by atoms with van der Waals surface area (Å²) in [6, 6.07) is 3.94. The highest BCUT2D eigenvalue weighted by atomic mass is 19.4. The van der Waals surface area contributed by atoms with Crippen molar-refractivity contribution in [1.29, 1.82) is 0 Å². The van der Waals surface area contributed by atoms with Crippen LogP contribution in [0.15, 0.2) is 18.2 Å². The molecule has 2 heterocycles. The number of ether oxygens (including phenoxy) is 1. The van der Waals surface area contributed by atoms with E-state index >= 15 is 0 Å². The molecule has 0 bridgehead atoms. The molecular weight excluding hydrogens is 363 g/mol. The van der Waals surface area contributed by atoms with E-state index < -0.39 is 17.9 Å². The molecule has 2 aliphatic rings. The van der Waals surface area contributed by atoms with Crippen molar-refractivity contribution in [1.82, 2.24) is 15.5 Å². The number of benzene rings is 1. The van der Waals surface area contributed by atoms with E-state index in [1.165, 1.54) is 17.0 Å². The van der Waals surface area contributed by atoms with Gasteiger partial charge in [-0.3, -0.25) is 10.1 Å². The predicted octanol–water partition coefficient (Wildman–Crippen LogP) is 2.71. The Labute approximate surface area is 155 Å². The highest BCUT2D eigenvalue weighted by Gasteiger charge is 2.52. The average Bonchev–Trinajstić information content (AvgIpc) is 2.81.